The van der Waals surface area contributed by atoms with Crippen LogP contribution < -0.4 is 5.32 Å². The fraction of sp³-hybridized carbons (Fsp3) is 0.650. The minimum absolute atomic E-state index is 0.0491. The van der Waals surface area contributed by atoms with Crippen LogP contribution in [0.15, 0.2) is 24.3 Å². The van der Waals surface area contributed by atoms with Crippen LogP contribution in [0.1, 0.15) is 44.1 Å². The highest BCUT2D eigenvalue weighted by molar-refractivity contribution is 5.78. The predicted molar refractivity (Wildman–Crippen MR) is 95.8 cm³/mol. The molecular weight excluding hydrogens is 317 g/mol. The molecule has 4 rings (SSSR count). The van der Waals surface area contributed by atoms with E-state index in [1.807, 2.05) is 6.07 Å². The Balaban J connectivity index is 1.58. The Morgan fingerprint density at radius 1 is 1.24 bits per heavy atom. The summed E-state index contributed by atoms with van der Waals surface area (Å²) >= 11 is 0. The van der Waals surface area contributed by atoms with Gasteiger partial charge in [0, 0.05) is 18.6 Å². The first-order chi connectivity index (χ1) is 12.0. The quantitative estimate of drug-likeness (QED) is 0.908. The minimum atomic E-state index is -0.174. The van der Waals surface area contributed by atoms with E-state index in [2.05, 4.69) is 29.2 Å². The van der Waals surface area contributed by atoms with Gasteiger partial charge >= 0.3 is 6.03 Å². The first-order valence-electron chi connectivity index (χ1n) is 9.44. The molecule has 1 aromatic rings. The lowest BCUT2D eigenvalue weighted by atomic mass is 9.68. The summed E-state index contributed by atoms with van der Waals surface area (Å²) in [6, 6.07) is 7.14. The van der Waals surface area contributed by atoms with E-state index in [0.717, 1.165) is 44.3 Å². The van der Waals surface area contributed by atoms with Crippen molar-refractivity contribution in [2.45, 2.75) is 49.6 Å². The molecule has 0 bridgehead atoms. The number of hydrogen-bond acceptors (Lipinski definition) is 2. The van der Waals surface area contributed by atoms with Gasteiger partial charge in [-0.1, -0.05) is 12.1 Å². The van der Waals surface area contributed by atoms with Crippen molar-refractivity contribution in [1.82, 2.24) is 15.1 Å². The second kappa shape index (κ2) is 5.97. The summed E-state index contributed by atoms with van der Waals surface area (Å²) in [5.74, 6) is 0.525. The molecule has 3 fully saturated rings. The van der Waals surface area contributed by atoms with Gasteiger partial charge in [0.2, 0.25) is 0 Å². The van der Waals surface area contributed by atoms with Gasteiger partial charge in [0.05, 0.1) is 5.54 Å². The van der Waals surface area contributed by atoms with Gasteiger partial charge in [-0.05, 0) is 76.2 Å². The second-order valence-electron chi connectivity index (χ2n) is 8.37. The third-order valence-corrected chi connectivity index (χ3v) is 6.75. The van der Waals surface area contributed by atoms with E-state index < -0.39 is 0 Å². The zero-order valence-corrected chi connectivity index (χ0v) is 15.2. The van der Waals surface area contributed by atoms with Crippen molar-refractivity contribution in [3.05, 3.63) is 35.6 Å². The highest BCUT2D eigenvalue weighted by Crippen LogP contribution is 2.48. The summed E-state index contributed by atoms with van der Waals surface area (Å²) in [6.45, 7) is 1.66. The molecule has 2 aliphatic carbocycles. The van der Waals surface area contributed by atoms with Gasteiger partial charge < -0.3 is 10.2 Å². The van der Waals surface area contributed by atoms with Gasteiger partial charge in [0.15, 0.2) is 0 Å². The molecule has 5 heteroatoms. The van der Waals surface area contributed by atoms with E-state index in [9.17, 15) is 9.18 Å². The molecule has 1 saturated heterocycles. The van der Waals surface area contributed by atoms with Gasteiger partial charge in [-0.3, -0.25) is 4.90 Å². The Morgan fingerprint density at radius 3 is 2.56 bits per heavy atom. The highest BCUT2D eigenvalue weighted by atomic mass is 19.1. The number of benzene rings is 1. The normalized spacial score (nSPS) is 32.5. The first kappa shape index (κ1) is 16.8. The lowest BCUT2D eigenvalue weighted by molar-refractivity contribution is 0.0245. The van der Waals surface area contributed by atoms with E-state index in [-0.39, 0.29) is 22.9 Å². The molecular formula is C20H28FN3O. The van der Waals surface area contributed by atoms with Crippen LogP contribution in [-0.4, -0.2) is 48.6 Å². The number of urea groups is 1. The van der Waals surface area contributed by atoms with Crippen LogP contribution in [0.4, 0.5) is 9.18 Å². The van der Waals surface area contributed by atoms with Crippen molar-refractivity contribution in [1.29, 1.82) is 0 Å². The Labute approximate surface area is 149 Å². The molecule has 3 aliphatic rings. The molecule has 4 nitrogen and oxygen atoms in total. The van der Waals surface area contributed by atoms with Crippen LogP contribution in [0.25, 0.3) is 0 Å². The first-order valence-corrected chi connectivity index (χ1v) is 9.44. The third-order valence-electron chi connectivity index (χ3n) is 6.75. The smallest absolute Gasteiger partial charge is 0.318 e. The molecule has 0 unspecified atom stereocenters. The summed E-state index contributed by atoms with van der Waals surface area (Å²) in [6.07, 6.45) is 6.33. The largest absolute Gasteiger partial charge is 0.336 e. The van der Waals surface area contributed by atoms with Crippen LogP contribution in [0.3, 0.4) is 0 Å². The predicted octanol–water partition coefficient (Wildman–Crippen LogP) is 3.33. The van der Waals surface area contributed by atoms with Crippen molar-refractivity contribution in [2.24, 2.45) is 5.92 Å². The summed E-state index contributed by atoms with van der Waals surface area (Å²) < 4.78 is 13.8. The summed E-state index contributed by atoms with van der Waals surface area (Å²) in [4.78, 5) is 16.7. The van der Waals surface area contributed by atoms with Gasteiger partial charge in [-0.2, -0.15) is 0 Å². The number of rotatable bonds is 4. The topological polar surface area (TPSA) is 35.6 Å². The maximum Gasteiger partial charge on any atom is 0.318 e. The Kier molecular flexibility index (Phi) is 4.02. The summed E-state index contributed by atoms with van der Waals surface area (Å²) in [5.41, 5.74) is 0.856. The number of amides is 2. The van der Waals surface area contributed by atoms with E-state index >= 15 is 0 Å². The number of carbonyl (C=O) groups is 1. The SMILES string of the molecule is CN(C)[C@]1(c2cccc(F)c2)CC[C@]2(CC1)CNC(=O)N2CC1CC1. The van der Waals surface area contributed by atoms with E-state index in [4.69, 9.17) is 0 Å². The average Bonchev–Trinajstić information content (AvgIpc) is 3.37. The van der Waals surface area contributed by atoms with Gasteiger partial charge in [-0.25, -0.2) is 9.18 Å². The van der Waals surface area contributed by atoms with Gasteiger partial charge in [-0.15, -0.1) is 0 Å². The molecule has 1 N–H and O–H groups in total. The number of nitrogens with one attached hydrogen (secondary N) is 1. The number of nitrogens with zero attached hydrogens (tertiary/aromatic N) is 2. The maximum atomic E-state index is 13.8. The molecule has 1 spiro atoms. The highest BCUT2D eigenvalue weighted by Gasteiger charge is 2.52. The standard InChI is InChI=1S/C20H28FN3O/c1-23(2)20(16-4-3-5-17(21)12-16)10-8-19(9-11-20)14-22-18(25)24(19)13-15-6-7-15/h3-5,12,15H,6-11,13-14H2,1-2H3,(H,22,25)/t19-,20+. The van der Waals surface area contributed by atoms with Crippen molar-refractivity contribution in [3.8, 4) is 0 Å². The lowest BCUT2D eigenvalue weighted by Gasteiger charge is -2.51. The maximum absolute atomic E-state index is 13.8. The molecule has 25 heavy (non-hydrogen) atoms. The zero-order valence-electron chi connectivity index (χ0n) is 15.2. The molecule has 1 aliphatic heterocycles. The van der Waals surface area contributed by atoms with Crippen LogP contribution in [0.2, 0.25) is 0 Å². The number of halogens is 1. The monoisotopic (exact) mass is 345 g/mol. The van der Waals surface area contributed by atoms with Crippen molar-refractivity contribution >= 4 is 6.03 Å². The minimum Gasteiger partial charge on any atom is -0.336 e. The number of carbonyl (C=O) groups excluding carboxylic acids is 1. The van der Waals surface area contributed by atoms with Crippen LogP contribution in [0, 0.1) is 11.7 Å². The van der Waals surface area contributed by atoms with Crippen molar-refractivity contribution in [3.63, 3.8) is 0 Å². The number of hydrogen-bond donors (Lipinski definition) is 1. The molecule has 0 radical (unpaired) electrons. The van der Waals surface area contributed by atoms with Crippen LogP contribution >= 0.6 is 0 Å². The van der Waals surface area contributed by atoms with Crippen molar-refractivity contribution in [2.75, 3.05) is 27.2 Å². The Hall–Kier alpha value is -1.62. The average molecular weight is 345 g/mol. The third kappa shape index (κ3) is 2.82. The van der Waals surface area contributed by atoms with Crippen molar-refractivity contribution < 1.29 is 9.18 Å². The van der Waals surface area contributed by atoms with E-state index in [1.54, 1.807) is 12.1 Å². The fourth-order valence-electron chi connectivity index (χ4n) is 4.83. The lowest BCUT2D eigenvalue weighted by Crippen LogP contribution is -2.55. The van der Waals surface area contributed by atoms with E-state index in [1.165, 1.54) is 18.9 Å². The summed E-state index contributed by atoms with van der Waals surface area (Å²) in [7, 11) is 4.17. The molecule has 2 amide bonds. The molecule has 1 aromatic carbocycles. The van der Waals surface area contributed by atoms with E-state index in [0.29, 0.717) is 5.92 Å². The van der Waals surface area contributed by atoms with Crippen LogP contribution in [-0.2, 0) is 5.54 Å². The molecule has 1 heterocycles. The van der Waals surface area contributed by atoms with Gasteiger partial charge in [0.1, 0.15) is 5.82 Å². The molecule has 0 atom stereocenters. The second-order valence-corrected chi connectivity index (χ2v) is 8.37. The molecule has 0 aromatic heterocycles. The molecule has 2 saturated carbocycles. The zero-order chi connectivity index (χ0) is 17.7. The summed E-state index contributed by atoms with van der Waals surface area (Å²) in [5, 5.41) is 3.08. The fourth-order valence-corrected chi connectivity index (χ4v) is 4.83. The van der Waals surface area contributed by atoms with Gasteiger partial charge in [0.25, 0.3) is 0 Å². The molecule has 136 valence electrons. The Morgan fingerprint density at radius 2 is 1.96 bits per heavy atom. The Bertz CT molecular complexity index is 663. The van der Waals surface area contributed by atoms with Crippen LogP contribution in [0.5, 0.6) is 0 Å².